The van der Waals surface area contributed by atoms with Crippen LogP contribution in [-0.2, 0) is 16.0 Å². The molecule has 0 bridgehead atoms. The van der Waals surface area contributed by atoms with Crippen LogP contribution in [0.2, 0.25) is 0 Å². The van der Waals surface area contributed by atoms with E-state index in [0.29, 0.717) is 43.2 Å². The largest absolute Gasteiger partial charge is 0.482 e. The lowest BCUT2D eigenvalue weighted by Crippen LogP contribution is -2.67. The molecule has 2 amide bonds. The minimum absolute atomic E-state index is 0.00433. The summed E-state index contributed by atoms with van der Waals surface area (Å²) < 4.78 is 64.2. The minimum atomic E-state index is -4.59. The molecule has 5 aromatic rings. The highest BCUT2D eigenvalue weighted by Gasteiger charge is 2.50. The number of alkyl halides is 3. The molecule has 0 radical (unpaired) electrons. The topological polar surface area (TPSA) is 110 Å². The summed E-state index contributed by atoms with van der Waals surface area (Å²) in [6, 6.07) is 20.8. The molecule has 2 fully saturated rings. The SMILES string of the molecule is O=C(Cc1ccc(F)cc1)Nc1ccc(-c2ccc3nc(Nc4ccc(C(=O)N5CC6(COC6)C5)cc4OCC(F)(F)F)nn3c2)cc1. The molecule has 0 aliphatic carbocycles. The van der Waals surface area contributed by atoms with Crippen molar-refractivity contribution in [3.8, 4) is 16.9 Å². The lowest BCUT2D eigenvalue weighted by Gasteiger charge is -2.54. The molecule has 3 aromatic carbocycles. The summed E-state index contributed by atoms with van der Waals surface area (Å²) in [5.74, 6) is -0.953. The zero-order valence-electron chi connectivity index (χ0n) is 25.3. The molecule has 0 unspecified atom stereocenters. The standard InChI is InChI=1S/C34H28F4N6O4/c35-25-7-1-21(2-8-25)13-30(45)39-26-9-3-22(4-10-26)24-6-12-29-41-32(42-44(29)15-24)40-27-11-5-23(14-28(27)48-20-34(36,37)38)31(46)43-16-33(17-43)18-47-19-33/h1-12,14-15H,13,16-20H2,(H,39,45)(H,40,42). The van der Waals surface area contributed by atoms with Crippen molar-refractivity contribution < 1.29 is 36.6 Å². The van der Waals surface area contributed by atoms with Crippen molar-refractivity contribution in [3.05, 3.63) is 102 Å². The van der Waals surface area contributed by atoms with E-state index in [4.69, 9.17) is 9.47 Å². The van der Waals surface area contributed by atoms with E-state index < -0.39 is 12.8 Å². The molecule has 0 atom stereocenters. The second kappa shape index (κ2) is 12.3. The summed E-state index contributed by atoms with van der Waals surface area (Å²) in [5.41, 5.74) is 3.75. The first kappa shape index (κ1) is 31.1. The summed E-state index contributed by atoms with van der Waals surface area (Å²) in [6.07, 6.45) is -2.74. The molecule has 2 aliphatic heterocycles. The number of amides is 2. The van der Waals surface area contributed by atoms with Gasteiger partial charge in [-0.15, -0.1) is 5.10 Å². The van der Waals surface area contributed by atoms with Gasteiger partial charge in [-0.3, -0.25) is 9.59 Å². The molecular formula is C34H28F4N6O4. The van der Waals surface area contributed by atoms with Crippen molar-refractivity contribution >= 4 is 34.8 Å². The van der Waals surface area contributed by atoms with Crippen LogP contribution in [0.1, 0.15) is 15.9 Å². The number of benzene rings is 3. The first-order valence-corrected chi connectivity index (χ1v) is 15.0. The average molecular weight is 661 g/mol. The van der Waals surface area contributed by atoms with Gasteiger partial charge in [-0.25, -0.2) is 8.91 Å². The molecule has 2 aromatic heterocycles. The Kier molecular flexibility index (Phi) is 7.95. The summed E-state index contributed by atoms with van der Waals surface area (Å²) >= 11 is 0. The second-order valence-corrected chi connectivity index (χ2v) is 12.0. The zero-order chi connectivity index (χ0) is 33.5. The summed E-state index contributed by atoms with van der Waals surface area (Å²) in [6.45, 7) is 0.733. The summed E-state index contributed by atoms with van der Waals surface area (Å²) in [5, 5.41) is 10.2. The molecule has 0 saturated carbocycles. The van der Waals surface area contributed by atoms with Gasteiger partial charge in [0, 0.05) is 36.1 Å². The number of carbonyl (C=O) groups is 2. The molecule has 4 heterocycles. The van der Waals surface area contributed by atoms with E-state index in [9.17, 15) is 27.2 Å². The molecule has 48 heavy (non-hydrogen) atoms. The van der Waals surface area contributed by atoms with Crippen LogP contribution in [0.4, 0.5) is 34.9 Å². The molecule has 14 heteroatoms. The predicted molar refractivity (Wildman–Crippen MR) is 168 cm³/mol. The Morgan fingerprint density at radius 1 is 0.938 bits per heavy atom. The van der Waals surface area contributed by atoms with Gasteiger partial charge < -0.3 is 25.0 Å². The van der Waals surface area contributed by atoms with E-state index in [-0.39, 0.29) is 52.4 Å². The van der Waals surface area contributed by atoms with Gasteiger partial charge in [-0.05, 0) is 65.7 Å². The smallest absolute Gasteiger partial charge is 0.422 e. The van der Waals surface area contributed by atoms with Crippen LogP contribution in [-0.4, -0.2) is 70.4 Å². The van der Waals surface area contributed by atoms with Crippen molar-refractivity contribution in [1.29, 1.82) is 0 Å². The van der Waals surface area contributed by atoms with Crippen LogP contribution in [0.15, 0.2) is 85.1 Å². The van der Waals surface area contributed by atoms with E-state index in [1.807, 2.05) is 18.2 Å². The first-order chi connectivity index (χ1) is 23.0. The number of halogens is 4. The molecule has 2 saturated heterocycles. The maximum absolute atomic E-state index is 13.1. The number of nitrogens with one attached hydrogen (secondary N) is 2. The molecule has 10 nitrogen and oxygen atoms in total. The normalized spacial score (nSPS) is 15.1. The third-order valence-corrected chi connectivity index (χ3v) is 8.13. The van der Waals surface area contributed by atoms with Gasteiger partial charge in [0.15, 0.2) is 12.3 Å². The van der Waals surface area contributed by atoms with Gasteiger partial charge in [-0.1, -0.05) is 24.3 Å². The number of hydrogen-bond acceptors (Lipinski definition) is 7. The van der Waals surface area contributed by atoms with Crippen LogP contribution in [0.3, 0.4) is 0 Å². The van der Waals surface area contributed by atoms with E-state index in [1.165, 1.54) is 34.8 Å². The highest BCUT2D eigenvalue weighted by atomic mass is 19.4. The number of aromatic nitrogens is 3. The third-order valence-electron chi connectivity index (χ3n) is 8.13. The van der Waals surface area contributed by atoms with Gasteiger partial charge in [-0.2, -0.15) is 18.2 Å². The maximum atomic E-state index is 13.1. The number of nitrogens with zero attached hydrogens (tertiary/aromatic N) is 4. The summed E-state index contributed by atoms with van der Waals surface area (Å²) in [4.78, 5) is 31.5. The van der Waals surface area contributed by atoms with E-state index in [2.05, 4.69) is 20.7 Å². The number of anilines is 3. The lowest BCUT2D eigenvalue weighted by molar-refractivity contribution is -0.176. The predicted octanol–water partition coefficient (Wildman–Crippen LogP) is 5.87. The number of hydrogen-bond donors (Lipinski definition) is 2. The van der Waals surface area contributed by atoms with Crippen molar-refractivity contribution in [2.75, 3.05) is 43.5 Å². The van der Waals surface area contributed by atoms with Crippen LogP contribution in [0.5, 0.6) is 5.75 Å². The van der Waals surface area contributed by atoms with Crippen molar-refractivity contribution in [2.24, 2.45) is 5.41 Å². The molecule has 7 rings (SSSR count). The van der Waals surface area contributed by atoms with Crippen molar-refractivity contribution in [2.45, 2.75) is 12.6 Å². The molecule has 246 valence electrons. The number of carbonyl (C=O) groups excluding carboxylic acids is 2. The number of rotatable bonds is 9. The average Bonchev–Trinajstić information content (AvgIpc) is 3.42. The highest BCUT2D eigenvalue weighted by Crippen LogP contribution is 2.39. The number of likely N-dealkylation sites (tertiary alicyclic amines) is 1. The van der Waals surface area contributed by atoms with Gasteiger partial charge in [0.2, 0.25) is 11.9 Å². The van der Waals surface area contributed by atoms with Gasteiger partial charge in [0.25, 0.3) is 5.91 Å². The number of ether oxygens (including phenoxy) is 2. The third kappa shape index (κ3) is 6.79. The molecular weight excluding hydrogens is 632 g/mol. The van der Waals surface area contributed by atoms with E-state index in [0.717, 1.165) is 11.1 Å². The fourth-order valence-electron chi connectivity index (χ4n) is 5.67. The van der Waals surface area contributed by atoms with Crippen LogP contribution >= 0.6 is 0 Å². The van der Waals surface area contributed by atoms with E-state index >= 15 is 0 Å². The van der Waals surface area contributed by atoms with E-state index in [1.54, 1.807) is 41.4 Å². The zero-order valence-corrected chi connectivity index (χ0v) is 25.3. The van der Waals surface area contributed by atoms with Crippen LogP contribution in [0, 0.1) is 11.2 Å². The Bertz CT molecular complexity index is 1980. The molecule has 2 aliphatic rings. The van der Waals surface area contributed by atoms with Crippen LogP contribution in [0.25, 0.3) is 16.8 Å². The lowest BCUT2D eigenvalue weighted by atomic mass is 9.78. The quantitative estimate of drug-likeness (QED) is 0.190. The Morgan fingerprint density at radius 2 is 1.67 bits per heavy atom. The van der Waals surface area contributed by atoms with Gasteiger partial charge in [0.1, 0.15) is 11.6 Å². The first-order valence-electron chi connectivity index (χ1n) is 15.0. The monoisotopic (exact) mass is 660 g/mol. The number of pyridine rings is 1. The Morgan fingerprint density at radius 3 is 2.35 bits per heavy atom. The van der Waals surface area contributed by atoms with Gasteiger partial charge >= 0.3 is 6.18 Å². The highest BCUT2D eigenvalue weighted by molar-refractivity contribution is 5.96. The maximum Gasteiger partial charge on any atom is 0.422 e. The fourth-order valence-corrected chi connectivity index (χ4v) is 5.67. The van der Waals surface area contributed by atoms with Crippen molar-refractivity contribution in [1.82, 2.24) is 19.5 Å². The Balaban J connectivity index is 1.04. The Labute approximate surface area is 271 Å². The second-order valence-electron chi connectivity index (χ2n) is 12.0. The summed E-state index contributed by atoms with van der Waals surface area (Å²) in [7, 11) is 0. The number of fused-ring (bicyclic) bond motifs is 1. The Hall–Kier alpha value is -5.50. The van der Waals surface area contributed by atoms with Crippen LogP contribution < -0.4 is 15.4 Å². The molecule has 2 N–H and O–H groups in total. The van der Waals surface area contributed by atoms with Gasteiger partial charge in [0.05, 0.1) is 30.7 Å². The van der Waals surface area contributed by atoms with Crippen molar-refractivity contribution in [3.63, 3.8) is 0 Å². The fraction of sp³-hybridized carbons (Fsp3) is 0.235. The molecule has 1 spiro atoms. The minimum Gasteiger partial charge on any atom is -0.482 e.